The van der Waals surface area contributed by atoms with Crippen molar-refractivity contribution in [3.63, 3.8) is 0 Å². The van der Waals surface area contributed by atoms with Crippen LogP contribution in [0.2, 0.25) is 0 Å². The van der Waals surface area contributed by atoms with Crippen LogP contribution < -0.4 is 10.2 Å². The Labute approximate surface area is 133 Å². The van der Waals surface area contributed by atoms with Gasteiger partial charge in [-0.25, -0.2) is 0 Å². The van der Waals surface area contributed by atoms with E-state index in [-0.39, 0.29) is 0 Å². The molecule has 22 heavy (non-hydrogen) atoms. The van der Waals surface area contributed by atoms with Crippen LogP contribution in [0.15, 0.2) is 43.4 Å². The zero-order chi connectivity index (χ0) is 16.5. The number of nitrogens with zero attached hydrogens (tertiary/aromatic N) is 2. The first-order valence-electron chi connectivity index (χ1n) is 7.34. The number of anilines is 1. The fourth-order valence-electron chi connectivity index (χ4n) is 2.16. The highest BCUT2D eigenvalue weighted by Crippen LogP contribution is 2.26. The highest BCUT2D eigenvalue weighted by molar-refractivity contribution is 5.56. The molecule has 0 aliphatic heterocycles. The molecule has 0 aliphatic carbocycles. The quantitative estimate of drug-likeness (QED) is 0.686. The van der Waals surface area contributed by atoms with Crippen LogP contribution in [0.4, 0.5) is 5.69 Å². The van der Waals surface area contributed by atoms with Crippen molar-refractivity contribution in [1.29, 1.82) is 0 Å². The normalized spacial score (nSPS) is 12.2. The van der Waals surface area contributed by atoms with Gasteiger partial charge in [-0.1, -0.05) is 12.6 Å². The lowest BCUT2D eigenvalue weighted by atomic mass is 10.1. The smallest absolute Gasteiger partial charge is 0.180 e. The maximum atomic E-state index is 9.88. The average molecular weight is 305 g/mol. The third-order valence-corrected chi connectivity index (χ3v) is 3.49. The molecule has 0 fully saturated rings. The van der Waals surface area contributed by atoms with Gasteiger partial charge in [0.1, 0.15) is 0 Å². The van der Waals surface area contributed by atoms with E-state index in [1.54, 1.807) is 0 Å². The number of hydrogen-bond donors (Lipinski definition) is 2. The molecule has 0 saturated heterocycles. The molecule has 0 heterocycles. The fraction of sp³-hybridized carbons (Fsp3) is 0.412. The maximum absolute atomic E-state index is 9.88. The first kappa shape index (κ1) is 18.1. The number of ether oxygens (including phenoxy) is 1. The van der Waals surface area contributed by atoms with E-state index in [2.05, 4.69) is 23.7 Å². The summed E-state index contributed by atoms with van der Waals surface area (Å²) in [6.07, 6.45) is 4.74. The monoisotopic (exact) mass is 305 g/mol. The lowest BCUT2D eigenvalue weighted by Crippen LogP contribution is -2.19. The minimum absolute atomic E-state index is 0.720. The van der Waals surface area contributed by atoms with Gasteiger partial charge in [0.2, 0.25) is 0 Å². The van der Waals surface area contributed by atoms with E-state index >= 15 is 0 Å². The summed E-state index contributed by atoms with van der Waals surface area (Å²) in [5, 5.41) is 12.9. The first-order valence-corrected chi connectivity index (χ1v) is 7.34. The molecule has 1 aromatic rings. The van der Waals surface area contributed by atoms with Gasteiger partial charge in [-0.2, -0.15) is 0 Å². The predicted octanol–water partition coefficient (Wildman–Crippen LogP) is 2.42. The summed E-state index contributed by atoms with van der Waals surface area (Å²) in [5.41, 5.74) is 2.91. The van der Waals surface area contributed by atoms with Gasteiger partial charge < -0.3 is 25.0 Å². The second kappa shape index (κ2) is 9.12. The molecule has 122 valence electrons. The lowest BCUT2D eigenvalue weighted by molar-refractivity contribution is -0.0769. The van der Waals surface area contributed by atoms with Crippen LogP contribution in [0.25, 0.3) is 0 Å². The minimum Gasteiger partial charge on any atom is -0.393 e. The summed E-state index contributed by atoms with van der Waals surface area (Å²) in [5.74, 6) is 0. The van der Waals surface area contributed by atoms with Crippen LogP contribution in [0.5, 0.6) is 0 Å². The fourth-order valence-corrected chi connectivity index (χ4v) is 2.16. The Kier molecular flexibility index (Phi) is 7.49. The molecule has 1 aromatic carbocycles. The molecule has 0 bridgehead atoms. The third-order valence-electron chi connectivity index (χ3n) is 3.49. The Morgan fingerprint density at radius 3 is 2.73 bits per heavy atom. The Balaban J connectivity index is 3.18. The van der Waals surface area contributed by atoms with E-state index in [4.69, 9.17) is 4.74 Å². The van der Waals surface area contributed by atoms with Crippen LogP contribution in [0.3, 0.4) is 0 Å². The van der Waals surface area contributed by atoms with Crippen molar-refractivity contribution in [2.75, 3.05) is 32.6 Å². The Morgan fingerprint density at radius 2 is 2.18 bits per heavy atom. The van der Waals surface area contributed by atoms with Crippen LogP contribution in [-0.4, -0.2) is 37.8 Å². The van der Waals surface area contributed by atoms with Gasteiger partial charge in [0.05, 0.1) is 0 Å². The number of rotatable bonds is 9. The number of hydrogen-bond acceptors (Lipinski definition) is 5. The van der Waals surface area contributed by atoms with Crippen LogP contribution >= 0.6 is 0 Å². The van der Waals surface area contributed by atoms with Crippen molar-refractivity contribution in [2.45, 2.75) is 19.8 Å². The number of aliphatic hydroxyl groups excluding tert-OH is 1. The molecule has 2 N–H and O–H groups in total. The van der Waals surface area contributed by atoms with Crippen LogP contribution in [0.1, 0.15) is 24.3 Å². The van der Waals surface area contributed by atoms with Crippen molar-refractivity contribution < 1.29 is 9.84 Å². The number of methoxy groups -OCH3 is 1. The van der Waals surface area contributed by atoms with Gasteiger partial charge in [0.25, 0.3) is 0 Å². The summed E-state index contributed by atoms with van der Waals surface area (Å²) in [6, 6.07) is 5.84. The molecular formula is C17H27N3O2. The number of benzene rings is 1. The zero-order valence-electron chi connectivity index (χ0n) is 13.9. The molecular weight excluding hydrogens is 278 g/mol. The Hall–Kier alpha value is -1.98. The SMILES string of the molecule is C=CN(CC)Cc1cc(C(O)OC)ccc1N(C)/C=C\NC. The second-order valence-electron chi connectivity index (χ2n) is 4.94. The molecule has 1 unspecified atom stereocenters. The molecule has 0 spiro atoms. The van der Waals surface area contributed by atoms with Crippen LogP contribution in [-0.2, 0) is 11.3 Å². The van der Waals surface area contributed by atoms with Gasteiger partial charge in [-0.15, -0.1) is 0 Å². The zero-order valence-corrected chi connectivity index (χ0v) is 13.9. The van der Waals surface area contributed by atoms with E-state index in [0.29, 0.717) is 0 Å². The largest absolute Gasteiger partial charge is 0.393 e. The predicted molar refractivity (Wildman–Crippen MR) is 91.3 cm³/mol. The summed E-state index contributed by atoms with van der Waals surface area (Å²) < 4.78 is 5.00. The third kappa shape index (κ3) is 4.79. The molecule has 0 aromatic heterocycles. The minimum atomic E-state index is -0.912. The van der Waals surface area contributed by atoms with Crippen molar-refractivity contribution in [3.8, 4) is 0 Å². The van der Waals surface area contributed by atoms with E-state index in [0.717, 1.165) is 29.9 Å². The summed E-state index contributed by atoms with van der Waals surface area (Å²) in [4.78, 5) is 4.14. The molecule has 1 atom stereocenters. The molecule has 0 radical (unpaired) electrons. The molecule has 0 amide bonds. The van der Waals surface area contributed by atoms with E-state index in [9.17, 15) is 5.11 Å². The first-order chi connectivity index (χ1) is 10.6. The van der Waals surface area contributed by atoms with Gasteiger partial charge in [0, 0.05) is 57.9 Å². The van der Waals surface area contributed by atoms with Crippen molar-refractivity contribution in [3.05, 3.63) is 54.5 Å². The topological polar surface area (TPSA) is 48.0 Å². The second-order valence-corrected chi connectivity index (χ2v) is 4.94. The van der Waals surface area contributed by atoms with Gasteiger partial charge in [-0.05, 0) is 30.8 Å². The molecule has 1 rings (SSSR count). The van der Waals surface area contributed by atoms with Crippen molar-refractivity contribution >= 4 is 5.69 Å². The molecule has 5 nitrogen and oxygen atoms in total. The molecule has 0 saturated carbocycles. The number of aliphatic hydroxyl groups is 1. The van der Waals surface area contributed by atoms with Gasteiger partial charge >= 0.3 is 0 Å². The van der Waals surface area contributed by atoms with Crippen molar-refractivity contribution in [1.82, 2.24) is 10.2 Å². The Morgan fingerprint density at radius 1 is 1.45 bits per heavy atom. The summed E-state index contributed by atoms with van der Waals surface area (Å²) in [7, 11) is 5.34. The highest BCUT2D eigenvalue weighted by atomic mass is 16.6. The maximum Gasteiger partial charge on any atom is 0.180 e. The average Bonchev–Trinajstić information content (AvgIpc) is 2.56. The van der Waals surface area contributed by atoms with E-state index in [1.165, 1.54) is 7.11 Å². The summed E-state index contributed by atoms with van der Waals surface area (Å²) in [6.45, 7) is 7.51. The van der Waals surface area contributed by atoms with Gasteiger partial charge in [-0.3, -0.25) is 0 Å². The van der Waals surface area contributed by atoms with E-state index < -0.39 is 6.29 Å². The van der Waals surface area contributed by atoms with Crippen LogP contribution in [0, 0.1) is 0 Å². The van der Waals surface area contributed by atoms with E-state index in [1.807, 2.05) is 55.8 Å². The summed E-state index contributed by atoms with van der Waals surface area (Å²) >= 11 is 0. The number of nitrogens with one attached hydrogen (secondary N) is 1. The Bertz CT molecular complexity index is 503. The van der Waals surface area contributed by atoms with Gasteiger partial charge in [0.15, 0.2) is 6.29 Å². The molecule has 0 aliphatic rings. The molecule has 5 heteroatoms. The highest BCUT2D eigenvalue weighted by Gasteiger charge is 2.13. The van der Waals surface area contributed by atoms with Crippen molar-refractivity contribution in [2.24, 2.45) is 0 Å². The standard InChI is InChI=1S/C17H27N3O2/c1-6-20(7-2)13-15-12-14(17(21)22-5)8-9-16(15)19(4)11-10-18-3/h6,8-12,17-18,21H,1,7,13H2,2-5H3/b11-10-. The lowest BCUT2D eigenvalue weighted by Gasteiger charge is -2.24.